The lowest BCUT2D eigenvalue weighted by atomic mass is 10.0. The summed E-state index contributed by atoms with van der Waals surface area (Å²) in [5, 5.41) is 10.6. The summed E-state index contributed by atoms with van der Waals surface area (Å²) < 4.78 is 21.4. The van der Waals surface area contributed by atoms with Crippen molar-refractivity contribution in [2.75, 3.05) is 61.7 Å². The third-order valence-electron chi connectivity index (χ3n) is 6.60. The van der Waals surface area contributed by atoms with Crippen molar-refractivity contribution in [2.24, 2.45) is 0 Å². The van der Waals surface area contributed by atoms with Gasteiger partial charge in [0.25, 0.3) is 0 Å². The quantitative estimate of drug-likeness (QED) is 0.494. The highest BCUT2D eigenvalue weighted by atomic mass is 16.5. The number of aliphatic hydroxyl groups is 1. The lowest BCUT2D eigenvalue weighted by molar-refractivity contribution is -0.130. The van der Waals surface area contributed by atoms with Gasteiger partial charge < -0.3 is 33.9 Å². The van der Waals surface area contributed by atoms with Crippen LogP contribution >= 0.6 is 0 Å². The van der Waals surface area contributed by atoms with Crippen LogP contribution in [-0.2, 0) is 17.6 Å². The van der Waals surface area contributed by atoms with Crippen LogP contribution in [0.5, 0.6) is 23.0 Å². The summed E-state index contributed by atoms with van der Waals surface area (Å²) in [5.74, 6) is 2.75. The van der Waals surface area contributed by atoms with Gasteiger partial charge in [0.05, 0.1) is 41.0 Å². The molecule has 0 aliphatic carbocycles. The van der Waals surface area contributed by atoms with Crippen LogP contribution in [0.4, 0.5) is 0 Å². The van der Waals surface area contributed by atoms with Gasteiger partial charge in [-0.2, -0.15) is 0 Å². The number of hydrogen-bond donors (Lipinski definition) is 1. The van der Waals surface area contributed by atoms with E-state index in [1.165, 1.54) is 0 Å². The van der Waals surface area contributed by atoms with E-state index in [4.69, 9.17) is 18.9 Å². The Morgan fingerprint density at radius 1 is 0.914 bits per heavy atom. The van der Waals surface area contributed by atoms with Crippen LogP contribution in [0.3, 0.4) is 0 Å². The zero-order valence-corrected chi connectivity index (χ0v) is 21.5. The average Bonchev–Trinajstić information content (AvgIpc) is 3.03. The highest BCUT2D eigenvalue weighted by molar-refractivity contribution is 5.80. The molecule has 0 radical (unpaired) electrons. The first-order valence-electron chi connectivity index (χ1n) is 12.0. The van der Waals surface area contributed by atoms with Crippen molar-refractivity contribution in [3.63, 3.8) is 0 Å². The third kappa shape index (κ3) is 6.80. The number of ether oxygens (including phenoxy) is 4. The van der Waals surface area contributed by atoms with Gasteiger partial charge in [-0.1, -0.05) is 6.07 Å². The van der Waals surface area contributed by atoms with E-state index < -0.39 is 6.10 Å². The minimum Gasteiger partial charge on any atom is -0.493 e. The maximum Gasteiger partial charge on any atom is 0.227 e. The minimum atomic E-state index is -0.586. The predicted octanol–water partition coefficient (Wildman–Crippen LogP) is 3.09. The fourth-order valence-electron chi connectivity index (χ4n) is 4.46. The Morgan fingerprint density at radius 3 is 2.20 bits per heavy atom. The summed E-state index contributed by atoms with van der Waals surface area (Å²) in [6.07, 6.45) is 2.07. The Kier molecular flexibility index (Phi) is 9.63. The number of hydrogen-bond acceptors (Lipinski definition) is 7. The van der Waals surface area contributed by atoms with Crippen molar-refractivity contribution >= 4 is 5.91 Å². The molecule has 0 bridgehead atoms. The van der Waals surface area contributed by atoms with Crippen LogP contribution in [0.2, 0.25) is 0 Å². The molecule has 0 aromatic heterocycles. The molecular formula is C27H38N2O6. The zero-order chi connectivity index (χ0) is 25.4. The van der Waals surface area contributed by atoms with Crippen molar-refractivity contribution < 1.29 is 28.8 Å². The molecule has 0 fully saturated rings. The lowest BCUT2D eigenvalue weighted by Crippen LogP contribution is -2.35. The normalized spacial score (nSPS) is 14.4. The molecule has 1 unspecified atom stereocenters. The highest BCUT2D eigenvalue weighted by Gasteiger charge is 2.22. The molecule has 0 spiro atoms. The fourth-order valence-corrected chi connectivity index (χ4v) is 4.46. The molecule has 192 valence electrons. The lowest BCUT2D eigenvalue weighted by Gasteiger charge is -2.23. The van der Waals surface area contributed by atoms with Crippen LogP contribution in [-0.4, -0.2) is 82.5 Å². The van der Waals surface area contributed by atoms with Crippen molar-refractivity contribution in [2.45, 2.75) is 31.8 Å². The largest absolute Gasteiger partial charge is 0.493 e. The van der Waals surface area contributed by atoms with Gasteiger partial charge in [-0.15, -0.1) is 0 Å². The Hall–Kier alpha value is -2.97. The summed E-state index contributed by atoms with van der Waals surface area (Å²) >= 11 is 0. The summed E-state index contributed by atoms with van der Waals surface area (Å²) in [4.78, 5) is 17.0. The third-order valence-corrected chi connectivity index (χ3v) is 6.60. The second kappa shape index (κ2) is 12.7. The first-order valence-corrected chi connectivity index (χ1v) is 12.0. The van der Waals surface area contributed by atoms with E-state index in [1.807, 2.05) is 42.3 Å². The zero-order valence-electron chi connectivity index (χ0n) is 21.5. The van der Waals surface area contributed by atoms with Gasteiger partial charge in [-0.05, 0) is 73.8 Å². The van der Waals surface area contributed by atoms with E-state index in [0.717, 1.165) is 42.6 Å². The maximum absolute atomic E-state index is 12.9. The van der Waals surface area contributed by atoms with Gasteiger partial charge in [0.15, 0.2) is 23.0 Å². The standard InChI is InChI=1S/C27H38N2O6/c1-28(13-10-22(30)20-7-8-23(32-2)24(16-20)33-3)11-6-12-29-14-9-19-15-25(34-4)26(35-5)17-21(19)18-27(29)31/h7-8,15-17,22,30H,6,9-14,18H2,1-5H3. The van der Waals surface area contributed by atoms with Crippen molar-refractivity contribution in [3.8, 4) is 23.0 Å². The molecule has 1 atom stereocenters. The molecule has 2 aromatic carbocycles. The van der Waals surface area contributed by atoms with E-state index in [-0.39, 0.29) is 5.91 Å². The molecule has 1 aliphatic heterocycles. The van der Waals surface area contributed by atoms with E-state index in [1.54, 1.807) is 28.4 Å². The molecule has 1 N–H and O–H groups in total. The van der Waals surface area contributed by atoms with Crippen molar-refractivity contribution in [1.29, 1.82) is 0 Å². The van der Waals surface area contributed by atoms with Crippen molar-refractivity contribution in [3.05, 3.63) is 47.0 Å². The number of carbonyl (C=O) groups is 1. The fraction of sp³-hybridized carbons (Fsp3) is 0.519. The van der Waals surface area contributed by atoms with Gasteiger partial charge >= 0.3 is 0 Å². The van der Waals surface area contributed by atoms with Crippen LogP contribution in [0, 0.1) is 0 Å². The SMILES string of the molecule is COc1ccc(C(O)CCN(C)CCCN2CCc3cc(OC)c(OC)cc3CC2=O)cc1OC. The average molecular weight is 487 g/mol. The van der Waals surface area contributed by atoms with Crippen LogP contribution in [0.25, 0.3) is 0 Å². The van der Waals surface area contributed by atoms with Crippen LogP contribution in [0.15, 0.2) is 30.3 Å². The molecular weight excluding hydrogens is 448 g/mol. The molecule has 35 heavy (non-hydrogen) atoms. The molecule has 8 heteroatoms. The molecule has 1 heterocycles. The van der Waals surface area contributed by atoms with E-state index in [2.05, 4.69) is 4.90 Å². The number of amides is 1. The topological polar surface area (TPSA) is 80.7 Å². The number of benzene rings is 2. The molecule has 2 aromatic rings. The monoisotopic (exact) mass is 486 g/mol. The first-order chi connectivity index (χ1) is 16.9. The highest BCUT2D eigenvalue weighted by Crippen LogP contribution is 2.33. The van der Waals surface area contributed by atoms with Gasteiger partial charge in [0, 0.05) is 19.6 Å². The smallest absolute Gasteiger partial charge is 0.227 e. The second-order valence-electron chi connectivity index (χ2n) is 8.86. The minimum absolute atomic E-state index is 0.141. The Morgan fingerprint density at radius 2 is 1.54 bits per heavy atom. The number of nitrogens with zero attached hydrogens (tertiary/aromatic N) is 2. The van der Waals surface area contributed by atoms with Gasteiger partial charge in [0.1, 0.15) is 0 Å². The van der Waals surface area contributed by atoms with Gasteiger partial charge in [-0.25, -0.2) is 0 Å². The maximum atomic E-state index is 12.9. The van der Waals surface area contributed by atoms with Crippen molar-refractivity contribution in [1.82, 2.24) is 9.80 Å². The molecule has 3 rings (SSSR count). The molecule has 1 amide bonds. The number of carbonyl (C=O) groups excluding carboxylic acids is 1. The molecule has 1 aliphatic rings. The summed E-state index contributed by atoms with van der Waals surface area (Å²) in [5.41, 5.74) is 2.95. The Labute approximate surface area is 208 Å². The molecule has 0 saturated carbocycles. The number of rotatable bonds is 12. The van der Waals surface area contributed by atoms with Gasteiger partial charge in [0.2, 0.25) is 5.91 Å². The van der Waals surface area contributed by atoms with Crippen LogP contribution < -0.4 is 18.9 Å². The van der Waals surface area contributed by atoms with Gasteiger partial charge in [-0.3, -0.25) is 4.79 Å². The summed E-state index contributed by atoms with van der Waals surface area (Å²) in [6, 6.07) is 9.40. The van der Waals surface area contributed by atoms with E-state index in [9.17, 15) is 9.90 Å². The number of aliphatic hydroxyl groups excluding tert-OH is 1. The Balaban J connectivity index is 1.46. The predicted molar refractivity (Wildman–Crippen MR) is 135 cm³/mol. The number of methoxy groups -OCH3 is 4. The molecule has 0 saturated heterocycles. The molecule has 8 nitrogen and oxygen atoms in total. The van der Waals surface area contributed by atoms with Crippen LogP contribution in [0.1, 0.15) is 35.6 Å². The Bertz CT molecular complexity index is 996. The summed E-state index contributed by atoms with van der Waals surface area (Å²) in [7, 11) is 8.46. The van der Waals surface area contributed by atoms with E-state index in [0.29, 0.717) is 48.9 Å². The summed E-state index contributed by atoms with van der Waals surface area (Å²) in [6.45, 7) is 3.00. The van der Waals surface area contributed by atoms with E-state index >= 15 is 0 Å². The number of fused-ring (bicyclic) bond motifs is 1. The second-order valence-corrected chi connectivity index (χ2v) is 8.86. The first kappa shape index (κ1) is 26.6.